The van der Waals surface area contributed by atoms with Crippen LogP contribution >= 0.6 is 0 Å². The molecule has 1 aromatic carbocycles. The summed E-state index contributed by atoms with van der Waals surface area (Å²) in [6.45, 7) is 11.3. The molecule has 3 atom stereocenters. The third-order valence-electron chi connectivity index (χ3n) is 6.37. The predicted octanol–water partition coefficient (Wildman–Crippen LogP) is 4.47. The number of carbonyl (C=O) groups excluding carboxylic acids is 1. The fourth-order valence-corrected chi connectivity index (χ4v) is 5.20. The van der Waals surface area contributed by atoms with Crippen LogP contribution in [0.5, 0.6) is 11.5 Å². The van der Waals surface area contributed by atoms with Crippen molar-refractivity contribution in [3.05, 3.63) is 23.8 Å². The zero-order chi connectivity index (χ0) is 18.5. The van der Waals surface area contributed by atoms with Gasteiger partial charge in [0.2, 0.25) is 0 Å². The first-order chi connectivity index (χ1) is 11.6. The van der Waals surface area contributed by atoms with Crippen molar-refractivity contribution in [3.8, 4) is 11.5 Å². The molecule has 2 aliphatic rings. The third-order valence-corrected chi connectivity index (χ3v) is 10.9. The van der Waals surface area contributed by atoms with Gasteiger partial charge in [0.15, 0.2) is 19.8 Å². The zero-order valence-corrected chi connectivity index (χ0v) is 17.2. The maximum atomic E-state index is 12.1. The van der Waals surface area contributed by atoms with Gasteiger partial charge in [-0.05, 0) is 37.0 Å². The molecule has 1 saturated carbocycles. The van der Waals surface area contributed by atoms with E-state index in [0.717, 1.165) is 36.9 Å². The normalized spacial score (nSPS) is 28.7. The standard InChI is InChI=1S/C20H30O4Si/c1-19(2,3)25(5,6)24-14-10-11-20(13-21)15-8-7-9-16(22-4)18(15)23-17(20)12-14/h7-9,13-14,17H,10-12H2,1-6H3/t14-,17-,20+/m0/s1. The molecule has 1 heterocycles. The summed E-state index contributed by atoms with van der Waals surface area (Å²) in [6.07, 6.45) is 3.48. The third kappa shape index (κ3) is 2.91. The van der Waals surface area contributed by atoms with Gasteiger partial charge in [-0.2, -0.15) is 0 Å². The number of benzene rings is 1. The maximum absolute atomic E-state index is 12.1. The van der Waals surface area contributed by atoms with Crippen molar-refractivity contribution in [3.63, 3.8) is 0 Å². The molecule has 5 heteroatoms. The van der Waals surface area contributed by atoms with Gasteiger partial charge < -0.3 is 18.7 Å². The van der Waals surface area contributed by atoms with Crippen LogP contribution in [-0.4, -0.2) is 33.9 Å². The fraction of sp³-hybridized carbons (Fsp3) is 0.650. The highest BCUT2D eigenvalue weighted by Gasteiger charge is 2.54. The molecular formula is C20H30O4Si. The number of rotatable bonds is 4. The second kappa shape index (κ2) is 6.13. The molecule has 0 N–H and O–H groups in total. The highest BCUT2D eigenvalue weighted by molar-refractivity contribution is 6.74. The highest BCUT2D eigenvalue weighted by Crippen LogP contribution is 2.53. The first-order valence-corrected chi connectivity index (χ1v) is 12.0. The zero-order valence-electron chi connectivity index (χ0n) is 16.2. The van der Waals surface area contributed by atoms with Crippen molar-refractivity contribution in [2.24, 2.45) is 0 Å². The minimum absolute atomic E-state index is 0.152. The summed E-state index contributed by atoms with van der Waals surface area (Å²) in [5.74, 6) is 1.44. The molecule has 138 valence electrons. The molecule has 1 aromatic rings. The molecular weight excluding hydrogens is 332 g/mol. The van der Waals surface area contributed by atoms with Crippen molar-refractivity contribution in [1.29, 1.82) is 0 Å². The quantitative estimate of drug-likeness (QED) is 0.586. The average Bonchev–Trinajstić information content (AvgIpc) is 2.87. The Balaban J connectivity index is 1.85. The Labute approximate surface area is 152 Å². The van der Waals surface area contributed by atoms with Gasteiger partial charge in [0, 0.05) is 18.1 Å². The molecule has 0 unspecified atom stereocenters. The molecule has 4 nitrogen and oxygen atoms in total. The smallest absolute Gasteiger partial charge is 0.192 e. The van der Waals surface area contributed by atoms with E-state index in [2.05, 4.69) is 33.9 Å². The van der Waals surface area contributed by atoms with E-state index in [1.807, 2.05) is 18.2 Å². The number of aldehydes is 1. The van der Waals surface area contributed by atoms with Crippen molar-refractivity contribution in [2.45, 2.75) is 75.8 Å². The SMILES string of the molecule is COc1cccc2c1O[C@H]1C[C@@H](O[Si](C)(C)C(C)(C)C)CC[C@@]21C=O. The number of carbonyl (C=O) groups is 1. The maximum Gasteiger partial charge on any atom is 0.192 e. The van der Waals surface area contributed by atoms with E-state index in [-0.39, 0.29) is 17.2 Å². The van der Waals surface area contributed by atoms with Crippen LogP contribution in [0.3, 0.4) is 0 Å². The van der Waals surface area contributed by atoms with E-state index in [0.29, 0.717) is 5.75 Å². The van der Waals surface area contributed by atoms with Gasteiger partial charge >= 0.3 is 0 Å². The van der Waals surface area contributed by atoms with Gasteiger partial charge in [-0.15, -0.1) is 0 Å². The minimum atomic E-state index is -1.84. The van der Waals surface area contributed by atoms with Crippen molar-refractivity contribution in [1.82, 2.24) is 0 Å². The molecule has 0 saturated heterocycles. The van der Waals surface area contributed by atoms with E-state index < -0.39 is 13.7 Å². The van der Waals surface area contributed by atoms with E-state index >= 15 is 0 Å². The van der Waals surface area contributed by atoms with Gasteiger partial charge in [-0.25, -0.2) is 0 Å². The second-order valence-corrected chi connectivity index (χ2v) is 13.6. The topological polar surface area (TPSA) is 44.8 Å². The van der Waals surface area contributed by atoms with Crippen LogP contribution in [0.4, 0.5) is 0 Å². The van der Waals surface area contributed by atoms with Gasteiger partial charge in [-0.1, -0.05) is 32.9 Å². The van der Waals surface area contributed by atoms with Crippen LogP contribution in [-0.2, 0) is 14.6 Å². The Kier molecular flexibility index (Phi) is 4.53. The van der Waals surface area contributed by atoms with Gasteiger partial charge in [-0.3, -0.25) is 0 Å². The number of hydrogen-bond donors (Lipinski definition) is 0. The summed E-state index contributed by atoms with van der Waals surface area (Å²) < 4.78 is 18.3. The molecule has 1 fully saturated rings. The lowest BCUT2D eigenvalue weighted by Crippen LogP contribution is -2.51. The molecule has 0 aromatic heterocycles. The number of fused-ring (bicyclic) bond motifs is 3. The molecule has 0 spiro atoms. The van der Waals surface area contributed by atoms with Gasteiger partial charge in [0.25, 0.3) is 0 Å². The Morgan fingerprint density at radius 1 is 1.32 bits per heavy atom. The van der Waals surface area contributed by atoms with Crippen molar-refractivity contribution < 1.29 is 18.7 Å². The van der Waals surface area contributed by atoms with Crippen LogP contribution < -0.4 is 9.47 Å². The molecule has 0 bridgehead atoms. The Hall–Kier alpha value is -1.33. The second-order valence-electron chi connectivity index (χ2n) is 8.88. The largest absolute Gasteiger partial charge is 0.493 e. The predicted molar refractivity (Wildman–Crippen MR) is 101 cm³/mol. The number of ether oxygens (including phenoxy) is 2. The van der Waals surface area contributed by atoms with Crippen LogP contribution in [0.15, 0.2) is 18.2 Å². The Morgan fingerprint density at radius 2 is 2.04 bits per heavy atom. The molecule has 1 aliphatic heterocycles. The first kappa shape index (κ1) is 18.5. The summed E-state index contributed by atoms with van der Waals surface area (Å²) in [5, 5.41) is 0.176. The highest BCUT2D eigenvalue weighted by atomic mass is 28.4. The van der Waals surface area contributed by atoms with E-state index in [9.17, 15) is 4.79 Å². The monoisotopic (exact) mass is 362 g/mol. The number of para-hydroxylation sites is 1. The summed E-state index contributed by atoms with van der Waals surface area (Å²) >= 11 is 0. The lowest BCUT2D eigenvalue weighted by Gasteiger charge is -2.43. The lowest BCUT2D eigenvalue weighted by atomic mass is 9.69. The van der Waals surface area contributed by atoms with Crippen molar-refractivity contribution in [2.75, 3.05) is 7.11 Å². The van der Waals surface area contributed by atoms with Crippen LogP contribution in [0.25, 0.3) is 0 Å². The van der Waals surface area contributed by atoms with Gasteiger partial charge in [0.1, 0.15) is 12.4 Å². The summed E-state index contributed by atoms with van der Waals surface area (Å²) in [5.41, 5.74) is 0.412. The van der Waals surface area contributed by atoms with E-state index in [1.54, 1.807) is 7.11 Å². The summed E-state index contributed by atoms with van der Waals surface area (Å²) in [6, 6.07) is 5.83. The number of hydrogen-bond acceptors (Lipinski definition) is 4. The lowest BCUT2D eigenvalue weighted by molar-refractivity contribution is -0.117. The minimum Gasteiger partial charge on any atom is -0.493 e. The molecule has 0 radical (unpaired) electrons. The summed E-state index contributed by atoms with van der Waals surface area (Å²) in [7, 11) is -0.200. The van der Waals surface area contributed by atoms with Crippen LogP contribution in [0.1, 0.15) is 45.6 Å². The molecule has 25 heavy (non-hydrogen) atoms. The molecule has 0 amide bonds. The van der Waals surface area contributed by atoms with Gasteiger partial charge in [0.05, 0.1) is 12.5 Å². The summed E-state index contributed by atoms with van der Waals surface area (Å²) in [4.78, 5) is 12.1. The van der Waals surface area contributed by atoms with Crippen molar-refractivity contribution >= 4 is 14.6 Å². The Bertz CT molecular complexity index is 664. The fourth-order valence-electron chi connectivity index (χ4n) is 3.79. The van der Waals surface area contributed by atoms with Crippen LogP contribution in [0.2, 0.25) is 18.1 Å². The average molecular weight is 363 g/mol. The molecule has 1 aliphatic carbocycles. The van der Waals surface area contributed by atoms with E-state index in [1.165, 1.54) is 0 Å². The van der Waals surface area contributed by atoms with E-state index in [4.69, 9.17) is 13.9 Å². The van der Waals surface area contributed by atoms with Crippen LogP contribution in [0, 0.1) is 0 Å². The Morgan fingerprint density at radius 3 is 2.64 bits per heavy atom. The first-order valence-electron chi connectivity index (χ1n) is 9.13. The number of methoxy groups -OCH3 is 1. The molecule has 3 rings (SSSR count).